The Balaban J connectivity index is 1.90. The van der Waals surface area contributed by atoms with Gasteiger partial charge in [0, 0.05) is 18.7 Å². The molecule has 16 heavy (non-hydrogen) atoms. The molecule has 4 heteroatoms. The summed E-state index contributed by atoms with van der Waals surface area (Å²) >= 11 is 0. The molecule has 0 bridgehead atoms. The van der Waals surface area contributed by atoms with Gasteiger partial charge in [-0.1, -0.05) is 6.07 Å². The third-order valence-corrected chi connectivity index (χ3v) is 3.46. The lowest BCUT2D eigenvalue weighted by atomic mass is 10.1. The zero-order valence-corrected chi connectivity index (χ0v) is 9.40. The highest BCUT2D eigenvalue weighted by Gasteiger charge is 2.32. The van der Waals surface area contributed by atoms with Crippen LogP contribution in [0.15, 0.2) is 12.1 Å². The molecule has 0 atom stereocenters. The summed E-state index contributed by atoms with van der Waals surface area (Å²) in [6.07, 6.45) is 0. The van der Waals surface area contributed by atoms with E-state index < -0.39 is 0 Å². The van der Waals surface area contributed by atoms with Crippen molar-refractivity contribution >= 4 is 5.69 Å². The van der Waals surface area contributed by atoms with Crippen molar-refractivity contribution in [1.29, 1.82) is 0 Å². The molecule has 0 radical (unpaired) electrons. The highest BCUT2D eigenvalue weighted by atomic mass is 16.5. The summed E-state index contributed by atoms with van der Waals surface area (Å²) in [6.45, 7) is 3.62. The maximum absolute atomic E-state index is 5.90. The van der Waals surface area contributed by atoms with Crippen LogP contribution in [-0.2, 0) is 17.8 Å². The summed E-state index contributed by atoms with van der Waals surface area (Å²) in [6, 6.07) is 4.60. The number of nitrogen functional groups attached to an aromatic ring is 1. The Kier molecular flexibility index (Phi) is 2.26. The van der Waals surface area contributed by atoms with Gasteiger partial charge < -0.3 is 15.2 Å². The largest absolute Gasteiger partial charge is 0.494 e. The maximum Gasteiger partial charge on any atom is 0.146 e. The molecule has 4 nitrogen and oxygen atoms in total. The quantitative estimate of drug-likeness (QED) is 0.755. The van der Waals surface area contributed by atoms with Crippen molar-refractivity contribution in [2.75, 3.05) is 26.1 Å². The van der Waals surface area contributed by atoms with Gasteiger partial charge in [0.1, 0.15) is 5.75 Å². The highest BCUT2D eigenvalue weighted by molar-refractivity contribution is 5.60. The predicted molar refractivity (Wildman–Crippen MR) is 61.3 cm³/mol. The highest BCUT2D eigenvalue weighted by Crippen LogP contribution is 2.36. The van der Waals surface area contributed by atoms with E-state index in [4.69, 9.17) is 15.2 Å². The fourth-order valence-corrected chi connectivity index (χ4v) is 2.42. The molecule has 2 N–H and O–H groups in total. The Morgan fingerprint density at radius 3 is 2.81 bits per heavy atom. The van der Waals surface area contributed by atoms with Gasteiger partial charge >= 0.3 is 0 Å². The molecule has 0 aromatic heterocycles. The van der Waals surface area contributed by atoms with E-state index in [1.807, 2.05) is 6.07 Å². The molecular weight excluding hydrogens is 204 g/mol. The van der Waals surface area contributed by atoms with Crippen molar-refractivity contribution in [1.82, 2.24) is 4.90 Å². The number of ether oxygens (including phenoxy) is 2. The van der Waals surface area contributed by atoms with Crippen molar-refractivity contribution < 1.29 is 9.47 Å². The second kappa shape index (κ2) is 3.64. The first-order valence-corrected chi connectivity index (χ1v) is 5.55. The molecule has 0 unspecified atom stereocenters. The van der Waals surface area contributed by atoms with E-state index in [1.54, 1.807) is 7.11 Å². The number of hydrogen-bond donors (Lipinski definition) is 1. The molecule has 1 aromatic rings. The monoisotopic (exact) mass is 220 g/mol. The molecule has 2 aliphatic rings. The van der Waals surface area contributed by atoms with Crippen LogP contribution in [0.2, 0.25) is 0 Å². The van der Waals surface area contributed by atoms with Crippen molar-refractivity contribution in [2.45, 2.75) is 19.1 Å². The number of methoxy groups -OCH3 is 1. The second-order valence-corrected chi connectivity index (χ2v) is 4.42. The standard InChI is InChI=1S/C12H16N2O2/c1-15-12-10-5-14(9-6-16-7-9)4-8(10)2-3-11(12)13/h2-3,9H,4-7,13H2,1H3. The molecule has 0 amide bonds. The van der Waals surface area contributed by atoms with Crippen LogP contribution in [0.1, 0.15) is 11.1 Å². The van der Waals surface area contributed by atoms with Gasteiger partial charge in [0.25, 0.3) is 0 Å². The van der Waals surface area contributed by atoms with E-state index in [1.165, 1.54) is 11.1 Å². The smallest absolute Gasteiger partial charge is 0.146 e. The lowest BCUT2D eigenvalue weighted by Gasteiger charge is -2.34. The van der Waals surface area contributed by atoms with Crippen LogP contribution in [0, 0.1) is 0 Å². The zero-order valence-electron chi connectivity index (χ0n) is 9.40. The van der Waals surface area contributed by atoms with Crippen LogP contribution in [0.5, 0.6) is 5.75 Å². The topological polar surface area (TPSA) is 47.7 Å². The minimum absolute atomic E-state index is 0.568. The minimum atomic E-state index is 0.568. The van der Waals surface area contributed by atoms with E-state index in [0.29, 0.717) is 6.04 Å². The maximum atomic E-state index is 5.90. The Hall–Kier alpha value is -1.26. The molecule has 1 aromatic carbocycles. The minimum Gasteiger partial charge on any atom is -0.494 e. The lowest BCUT2D eigenvalue weighted by Crippen LogP contribution is -2.46. The molecule has 2 aliphatic heterocycles. The van der Waals surface area contributed by atoms with Gasteiger partial charge in [-0.25, -0.2) is 0 Å². The van der Waals surface area contributed by atoms with Gasteiger partial charge in [0.05, 0.1) is 32.1 Å². The van der Waals surface area contributed by atoms with Crippen molar-refractivity contribution in [3.05, 3.63) is 23.3 Å². The molecule has 1 fully saturated rings. The van der Waals surface area contributed by atoms with E-state index in [0.717, 1.165) is 37.7 Å². The average molecular weight is 220 g/mol. The van der Waals surface area contributed by atoms with Crippen LogP contribution >= 0.6 is 0 Å². The van der Waals surface area contributed by atoms with Crippen LogP contribution < -0.4 is 10.5 Å². The molecule has 1 saturated heterocycles. The number of nitrogens with two attached hydrogens (primary N) is 1. The third kappa shape index (κ3) is 1.37. The summed E-state index contributed by atoms with van der Waals surface area (Å²) in [7, 11) is 1.68. The first kappa shape index (κ1) is 9.93. The summed E-state index contributed by atoms with van der Waals surface area (Å²) in [5.74, 6) is 0.847. The van der Waals surface area contributed by atoms with Gasteiger partial charge in [-0.05, 0) is 11.6 Å². The van der Waals surface area contributed by atoms with E-state index in [9.17, 15) is 0 Å². The van der Waals surface area contributed by atoms with E-state index >= 15 is 0 Å². The summed E-state index contributed by atoms with van der Waals surface area (Å²) < 4.78 is 10.6. The molecular formula is C12H16N2O2. The van der Waals surface area contributed by atoms with Crippen LogP contribution in [0.25, 0.3) is 0 Å². The third-order valence-electron chi connectivity index (χ3n) is 3.46. The number of fused-ring (bicyclic) bond motifs is 1. The summed E-state index contributed by atoms with van der Waals surface area (Å²) in [5, 5.41) is 0. The van der Waals surface area contributed by atoms with Crippen molar-refractivity contribution in [3.63, 3.8) is 0 Å². The molecule has 86 valence electrons. The molecule has 2 heterocycles. The van der Waals surface area contributed by atoms with Crippen molar-refractivity contribution in [2.24, 2.45) is 0 Å². The van der Waals surface area contributed by atoms with Gasteiger partial charge in [0.15, 0.2) is 0 Å². The van der Waals surface area contributed by atoms with E-state index in [-0.39, 0.29) is 0 Å². The average Bonchev–Trinajstić information content (AvgIpc) is 2.58. The Bertz CT molecular complexity index is 416. The molecule has 0 saturated carbocycles. The number of nitrogens with zero attached hydrogens (tertiary/aromatic N) is 1. The Morgan fingerprint density at radius 2 is 2.19 bits per heavy atom. The lowest BCUT2D eigenvalue weighted by molar-refractivity contribution is -0.0670. The van der Waals surface area contributed by atoms with Crippen LogP contribution in [0.4, 0.5) is 5.69 Å². The van der Waals surface area contributed by atoms with E-state index in [2.05, 4.69) is 11.0 Å². The Morgan fingerprint density at radius 1 is 1.38 bits per heavy atom. The molecule has 0 aliphatic carbocycles. The first-order valence-electron chi connectivity index (χ1n) is 5.55. The number of benzene rings is 1. The fourth-order valence-electron chi connectivity index (χ4n) is 2.42. The number of hydrogen-bond acceptors (Lipinski definition) is 4. The van der Waals surface area contributed by atoms with Crippen LogP contribution in [0.3, 0.4) is 0 Å². The number of rotatable bonds is 2. The van der Waals surface area contributed by atoms with Gasteiger partial charge in [-0.3, -0.25) is 4.90 Å². The van der Waals surface area contributed by atoms with Gasteiger partial charge in [-0.15, -0.1) is 0 Å². The zero-order chi connectivity index (χ0) is 11.1. The van der Waals surface area contributed by atoms with Crippen LogP contribution in [-0.4, -0.2) is 31.3 Å². The van der Waals surface area contributed by atoms with Gasteiger partial charge in [-0.2, -0.15) is 0 Å². The molecule has 3 rings (SSSR count). The van der Waals surface area contributed by atoms with Gasteiger partial charge in [0.2, 0.25) is 0 Å². The molecule has 0 spiro atoms. The fraction of sp³-hybridized carbons (Fsp3) is 0.500. The second-order valence-electron chi connectivity index (χ2n) is 4.42. The van der Waals surface area contributed by atoms with Crippen molar-refractivity contribution in [3.8, 4) is 5.75 Å². The summed E-state index contributed by atoms with van der Waals surface area (Å²) in [4.78, 5) is 2.43. The normalized spacial score (nSPS) is 20.6. The summed E-state index contributed by atoms with van der Waals surface area (Å²) in [5.41, 5.74) is 9.21. The first-order chi connectivity index (χ1) is 7.79. The Labute approximate surface area is 94.9 Å². The predicted octanol–water partition coefficient (Wildman–Crippen LogP) is 0.992. The SMILES string of the molecule is COc1c(N)ccc2c1CN(C1COC1)C2. The number of anilines is 1.